The Morgan fingerprint density at radius 3 is 2.56 bits per heavy atom. The van der Waals surface area contributed by atoms with E-state index in [9.17, 15) is 5.11 Å². The van der Waals surface area contributed by atoms with Gasteiger partial charge in [-0.2, -0.15) is 0 Å². The van der Waals surface area contributed by atoms with Crippen molar-refractivity contribution in [3.8, 4) is 0 Å². The molecule has 0 amide bonds. The van der Waals surface area contributed by atoms with Crippen LogP contribution in [-0.2, 0) is 9.47 Å². The molecule has 0 bridgehead atoms. The molecule has 3 heteroatoms. The van der Waals surface area contributed by atoms with Gasteiger partial charge in [-0.3, -0.25) is 0 Å². The Morgan fingerprint density at radius 1 is 1.06 bits per heavy atom. The molecule has 1 spiro atoms. The summed E-state index contributed by atoms with van der Waals surface area (Å²) in [5.41, 5.74) is 0.378. The minimum atomic E-state index is -0.305. The molecule has 3 saturated carbocycles. The highest BCUT2D eigenvalue weighted by atomic mass is 16.7. The first kappa shape index (κ1) is 9.86. The molecule has 3 aliphatic carbocycles. The summed E-state index contributed by atoms with van der Waals surface area (Å²) in [6.07, 6.45) is 4.32. The highest BCUT2D eigenvalue weighted by Crippen LogP contribution is 2.72. The minimum absolute atomic E-state index is 0.117. The molecule has 1 N–H and O–H groups in total. The molecule has 0 radical (unpaired) electrons. The van der Waals surface area contributed by atoms with Crippen LogP contribution in [0.1, 0.15) is 32.6 Å². The quantitative estimate of drug-likeness (QED) is 0.678. The van der Waals surface area contributed by atoms with Crippen molar-refractivity contribution in [3.63, 3.8) is 0 Å². The van der Waals surface area contributed by atoms with Gasteiger partial charge >= 0.3 is 0 Å². The van der Waals surface area contributed by atoms with E-state index in [1.54, 1.807) is 0 Å². The molecule has 90 valence electrons. The highest BCUT2D eigenvalue weighted by Gasteiger charge is 2.73. The zero-order valence-corrected chi connectivity index (χ0v) is 9.82. The highest BCUT2D eigenvalue weighted by molar-refractivity contribution is 5.19. The Bertz CT molecular complexity index is 323. The van der Waals surface area contributed by atoms with E-state index in [0.717, 1.165) is 32.0 Å². The minimum Gasteiger partial charge on any atom is -0.393 e. The Labute approximate surface area is 96.1 Å². The fraction of sp³-hybridized carbons (Fsp3) is 1.00. The average molecular weight is 224 g/mol. The summed E-state index contributed by atoms with van der Waals surface area (Å²) < 4.78 is 11.8. The number of aliphatic hydroxyl groups is 1. The number of hydrogen-bond acceptors (Lipinski definition) is 3. The molecular formula is C13H20O3. The van der Waals surface area contributed by atoms with Crippen molar-refractivity contribution in [2.75, 3.05) is 13.2 Å². The van der Waals surface area contributed by atoms with Gasteiger partial charge in [0.05, 0.1) is 19.3 Å². The maximum absolute atomic E-state index is 10.2. The maximum atomic E-state index is 10.2. The molecule has 3 nitrogen and oxygen atoms in total. The zero-order chi connectivity index (χ0) is 11.0. The Kier molecular flexibility index (Phi) is 1.74. The fourth-order valence-electron chi connectivity index (χ4n) is 5.29. The van der Waals surface area contributed by atoms with Gasteiger partial charge in [-0.1, -0.05) is 6.92 Å². The normalized spacial score (nSPS) is 57.4. The third-order valence-corrected chi connectivity index (χ3v) is 5.91. The van der Waals surface area contributed by atoms with Crippen molar-refractivity contribution >= 4 is 0 Å². The van der Waals surface area contributed by atoms with E-state index in [1.165, 1.54) is 12.8 Å². The second kappa shape index (κ2) is 2.82. The molecule has 1 heterocycles. The molecule has 0 aromatic heterocycles. The molecule has 1 saturated heterocycles. The molecule has 4 fully saturated rings. The summed E-state index contributed by atoms with van der Waals surface area (Å²) in [4.78, 5) is 0. The fourth-order valence-corrected chi connectivity index (χ4v) is 5.29. The average Bonchev–Trinajstić information content (AvgIpc) is 2.88. The summed E-state index contributed by atoms with van der Waals surface area (Å²) >= 11 is 0. The molecule has 16 heavy (non-hydrogen) atoms. The lowest BCUT2D eigenvalue weighted by molar-refractivity contribution is -0.258. The van der Waals surface area contributed by atoms with Crippen LogP contribution >= 0.6 is 0 Å². The van der Waals surface area contributed by atoms with E-state index in [0.29, 0.717) is 17.3 Å². The summed E-state index contributed by atoms with van der Waals surface area (Å²) in [6, 6.07) is 0. The standard InChI is InChI=1S/C13H20O3/c1-12-4-3-9(14)11(12)10-8(12)2-5-13(10)15-6-7-16-13/h8-11,14H,2-7H2,1H3/t8-,9+,10+,11-,12+/m1/s1. The van der Waals surface area contributed by atoms with Crippen LogP contribution in [0.3, 0.4) is 0 Å². The Balaban J connectivity index is 1.70. The molecule has 0 aromatic carbocycles. The van der Waals surface area contributed by atoms with E-state index in [2.05, 4.69) is 6.92 Å². The zero-order valence-electron chi connectivity index (χ0n) is 9.82. The molecule has 4 aliphatic rings. The molecule has 5 atom stereocenters. The van der Waals surface area contributed by atoms with Crippen LogP contribution in [0.5, 0.6) is 0 Å². The number of rotatable bonds is 0. The molecule has 0 aromatic rings. The van der Waals surface area contributed by atoms with Crippen LogP contribution in [-0.4, -0.2) is 30.2 Å². The molecule has 0 unspecified atom stereocenters. The van der Waals surface area contributed by atoms with Crippen molar-refractivity contribution in [2.24, 2.45) is 23.2 Å². The SMILES string of the molecule is C[C@@]12CC[C@H](O)[C@@H]1[C@@H]1[C@H]2CCC12OCCO2. The van der Waals surface area contributed by atoms with E-state index in [1.807, 2.05) is 0 Å². The number of aliphatic hydroxyl groups excluding tert-OH is 1. The van der Waals surface area contributed by atoms with Gasteiger partial charge in [-0.05, 0) is 36.5 Å². The van der Waals surface area contributed by atoms with Crippen LogP contribution in [0.25, 0.3) is 0 Å². The van der Waals surface area contributed by atoms with Gasteiger partial charge in [0.2, 0.25) is 0 Å². The lowest BCUT2D eigenvalue weighted by atomic mass is 9.49. The smallest absolute Gasteiger partial charge is 0.171 e. The summed E-state index contributed by atoms with van der Waals surface area (Å²) in [7, 11) is 0. The molecule has 4 rings (SSSR count). The Hall–Kier alpha value is -0.120. The third-order valence-electron chi connectivity index (χ3n) is 5.91. The second-order valence-electron chi connectivity index (χ2n) is 6.32. The van der Waals surface area contributed by atoms with Crippen LogP contribution < -0.4 is 0 Å². The number of hydrogen-bond donors (Lipinski definition) is 1. The van der Waals surface area contributed by atoms with Crippen LogP contribution in [0.4, 0.5) is 0 Å². The van der Waals surface area contributed by atoms with Crippen molar-refractivity contribution in [1.29, 1.82) is 0 Å². The second-order valence-corrected chi connectivity index (χ2v) is 6.32. The van der Waals surface area contributed by atoms with Gasteiger partial charge in [-0.25, -0.2) is 0 Å². The molecule has 1 aliphatic heterocycles. The van der Waals surface area contributed by atoms with Gasteiger partial charge in [0, 0.05) is 12.3 Å². The lowest BCUT2D eigenvalue weighted by Gasteiger charge is -2.58. The van der Waals surface area contributed by atoms with Gasteiger partial charge in [0.1, 0.15) is 0 Å². The van der Waals surface area contributed by atoms with Gasteiger partial charge in [-0.15, -0.1) is 0 Å². The number of fused-ring (bicyclic) bond motifs is 5. The van der Waals surface area contributed by atoms with Crippen LogP contribution in [0, 0.1) is 23.2 Å². The molecular weight excluding hydrogens is 204 g/mol. The third kappa shape index (κ3) is 0.889. The maximum Gasteiger partial charge on any atom is 0.171 e. The Morgan fingerprint density at radius 2 is 1.81 bits per heavy atom. The van der Waals surface area contributed by atoms with Crippen molar-refractivity contribution in [1.82, 2.24) is 0 Å². The van der Waals surface area contributed by atoms with Crippen LogP contribution in [0.15, 0.2) is 0 Å². The van der Waals surface area contributed by atoms with Crippen molar-refractivity contribution < 1.29 is 14.6 Å². The van der Waals surface area contributed by atoms with Crippen LogP contribution in [0.2, 0.25) is 0 Å². The predicted octanol–water partition coefficient (Wildman–Crippen LogP) is 1.55. The van der Waals surface area contributed by atoms with E-state index in [4.69, 9.17) is 9.47 Å². The summed E-state index contributed by atoms with van der Waals surface area (Å²) in [6.45, 7) is 3.84. The predicted molar refractivity (Wildman–Crippen MR) is 57.7 cm³/mol. The largest absolute Gasteiger partial charge is 0.393 e. The summed E-state index contributed by atoms with van der Waals surface area (Å²) in [5, 5.41) is 10.2. The lowest BCUT2D eigenvalue weighted by Crippen LogP contribution is -2.59. The van der Waals surface area contributed by atoms with Gasteiger partial charge < -0.3 is 14.6 Å². The van der Waals surface area contributed by atoms with E-state index in [-0.39, 0.29) is 11.9 Å². The number of ether oxygens (including phenoxy) is 2. The van der Waals surface area contributed by atoms with Crippen molar-refractivity contribution in [2.45, 2.75) is 44.5 Å². The topological polar surface area (TPSA) is 38.7 Å². The first-order chi connectivity index (χ1) is 7.67. The van der Waals surface area contributed by atoms with Crippen molar-refractivity contribution in [3.05, 3.63) is 0 Å². The van der Waals surface area contributed by atoms with E-state index < -0.39 is 0 Å². The first-order valence-corrected chi connectivity index (χ1v) is 6.63. The van der Waals surface area contributed by atoms with Gasteiger partial charge in [0.15, 0.2) is 5.79 Å². The van der Waals surface area contributed by atoms with Gasteiger partial charge in [0.25, 0.3) is 0 Å². The first-order valence-electron chi connectivity index (χ1n) is 6.63. The van der Waals surface area contributed by atoms with E-state index >= 15 is 0 Å². The summed E-state index contributed by atoms with van der Waals surface area (Å²) in [5.74, 6) is 1.32. The monoisotopic (exact) mass is 224 g/mol.